The van der Waals surface area contributed by atoms with Crippen molar-refractivity contribution in [2.45, 2.75) is 5.75 Å². The average molecular weight is 264 g/mol. The molecule has 0 amide bonds. The predicted molar refractivity (Wildman–Crippen MR) is 69.5 cm³/mol. The van der Waals surface area contributed by atoms with Crippen LogP contribution in [0, 0.1) is 5.41 Å². The molecule has 0 spiro atoms. The van der Waals surface area contributed by atoms with Crippen molar-refractivity contribution < 1.29 is 9.26 Å². The molecule has 0 aliphatic carbocycles. The van der Waals surface area contributed by atoms with Crippen molar-refractivity contribution >= 4 is 16.9 Å². The maximum atomic E-state index is 7.11. The quantitative estimate of drug-likeness (QED) is 0.646. The molecule has 0 radical (unpaired) electrons. The van der Waals surface area contributed by atoms with E-state index in [9.17, 15) is 0 Å². The number of ether oxygens (including phenoxy) is 1. The van der Waals surface area contributed by atoms with Crippen molar-refractivity contribution in [2.24, 2.45) is 5.73 Å². The largest absolute Gasteiger partial charge is 0.496 e. The smallest absolute Gasteiger partial charge is 0.237 e. The van der Waals surface area contributed by atoms with Gasteiger partial charge in [0, 0.05) is 0 Å². The van der Waals surface area contributed by atoms with E-state index in [2.05, 4.69) is 10.1 Å². The van der Waals surface area contributed by atoms with Crippen molar-refractivity contribution in [3.63, 3.8) is 0 Å². The van der Waals surface area contributed by atoms with E-state index in [0.29, 0.717) is 23.2 Å². The van der Waals surface area contributed by atoms with Crippen LogP contribution in [0.3, 0.4) is 0 Å². The molecule has 18 heavy (non-hydrogen) atoms. The highest BCUT2D eigenvalue weighted by molar-refractivity contribution is 8.12. The molecule has 1 heterocycles. The number of thioether (sulfide) groups is 1. The van der Waals surface area contributed by atoms with Crippen molar-refractivity contribution in [2.75, 3.05) is 7.11 Å². The van der Waals surface area contributed by atoms with E-state index in [1.165, 1.54) is 0 Å². The maximum Gasteiger partial charge on any atom is 0.237 e. The monoisotopic (exact) mass is 264 g/mol. The number of hydrogen-bond donors (Lipinski definition) is 2. The number of para-hydroxylation sites is 1. The zero-order valence-corrected chi connectivity index (χ0v) is 10.5. The SMILES string of the molecule is COc1ccccc1-c1noc(CSC(=N)N)n1. The van der Waals surface area contributed by atoms with Gasteiger partial charge in [-0.25, -0.2) is 0 Å². The number of amidine groups is 1. The number of aromatic nitrogens is 2. The third-order valence-corrected chi connectivity index (χ3v) is 2.87. The van der Waals surface area contributed by atoms with Crippen LogP contribution < -0.4 is 10.5 Å². The Morgan fingerprint density at radius 3 is 3.00 bits per heavy atom. The number of hydrogen-bond acceptors (Lipinski definition) is 6. The summed E-state index contributed by atoms with van der Waals surface area (Å²) in [5.41, 5.74) is 6.01. The van der Waals surface area contributed by atoms with Gasteiger partial charge in [0.1, 0.15) is 5.75 Å². The molecule has 0 aliphatic rings. The minimum absolute atomic E-state index is 0.0204. The van der Waals surface area contributed by atoms with Crippen LogP contribution in [0.2, 0.25) is 0 Å². The topological polar surface area (TPSA) is 98.0 Å². The number of nitrogens with one attached hydrogen (secondary N) is 1. The van der Waals surface area contributed by atoms with Crippen LogP contribution >= 0.6 is 11.8 Å². The Kier molecular flexibility index (Phi) is 3.83. The van der Waals surface area contributed by atoms with Crippen LogP contribution in [0.15, 0.2) is 28.8 Å². The number of benzene rings is 1. The number of nitrogens with zero attached hydrogens (tertiary/aromatic N) is 2. The van der Waals surface area contributed by atoms with Crippen molar-refractivity contribution in [1.82, 2.24) is 10.1 Å². The summed E-state index contributed by atoms with van der Waals surface area (Å²) in [5, 5.41) is 11.0. The number of nitrogens with two attached hydrogens (primary N) is 1. The van der Waals surface area contributed by atoms with E-state index >= 15 is 0 Å². The lowest BCUT2D eigenvalue weighted by Gasteiger charge is -2.02. The van der Waals surface area contributed by atoms with E-state index in [1.807, 2.05) is 24.3 Å². The highest BCUT2D eigenvalue weighted by Crippen LogP contribution is 2.27. The molecule has 0 fully saturated rings. The van der Waals surface area contributed by atoms with Gasteiger partial charge in [-0.2, -0.15) is 4.98 Å². The zero-order valence-electron chi connectivity index (χ0n) is 9.71. The Morgan fingerprint density at radius 1 is 1.50 bits per heavy atom. The third kappa shape index (κ3) is 2.80. The van der Waals surface area contributed by atoms with Gasteiger partial charge in [-0.05, 0) is 12.1 Å². The minimum Gasteiger partial charge on any atom is -0.496 e. The third-order valence-electron chi connectivity index (χ3n) is 2.17. The molecule has 1 aromatic heterocycles. The van der Waals surface area contributed by atoms with Gasteiger partial charge < -0.3 is 15.0 Å². The standard InChI is InChI=1S/C11H12N4O2S/c1-16-8-5-3-2-4-7(8)10-14-9(17-15-10)6-18-11(12)13/h2-5H,6H2,1H3,(H3,12,13). The van der Waals surface area contributed by atoms with Gasteiger partial charge in [0.05, 0.1) is 18.4 Å². The van der Waals surface area contributed by atoms with Gasteiger partial charge >= 0.3 is 0 Å². The summed E-state index contributed by atoms with van der Waals surface area (Å²) in [6.45, 7) is 0. The first-order chi connectivity index (χ1) is 8.70. The molecule has 2 rings (SSSR count). The zero-order chi connectivity index (χ0) is 13.0. The van der Waals surface area contributed by atoms with Crippen LogP contribution in [0.5, 0.6) is 5.75 Å². The molecule has 94 valence electrons. The molecule has 0 unspecified atom stereocenters. The van der Waals surface area contributed by atoms with Crippen LogP contribution in [0.1, 0.15) is 5.89 Å². The summed E-state index contributed by atoms with van der Waals surface area (Å²) >= 11 is 1.14. The fourth-order valence-corrected chi connectivity index (χ4v) is 1.79. The average Bonchev–Trinajstić information content (AvgIpc) is 2.85. The van der Waals surface area contributed by atoms with Crippen LogP contribution in [-0.4, -0.2) is 22.4 Å². The Morgan fingerprint density at radius 2 is 2.28 bits per heavy atom. The Labute approximate surface area is 108 Å². The molecule has 1 aromatic carbocycles. The van der Waals surface area contributed by atoms with Gasteiger partial charge in [-0.15, -0.1) is 0 Å². The van der Waals surface area contributed by atoms with Crippen molar-refractivity contribution in [3.8, 4) is 17.1 Å². The van der Waals surface area contributed by atoms with Crippen molar-refractivity contribution in [3.05, 3.63) is 30.2 Å². The molecule has 7 heteroatoms. The lowest BCUT2D eigenvalue weighted by Crippen LogP contribution is -2.03. The summed E-state index contributed by atoms with van der Waals surface area (Å²) in [5.74, 6) is 1.96. The summed E-state index contributed by atoms with van der Waals surface area (Å²) in [6.07, 6.45) is 0. The molecule has 0 aliphatic heterocycles. The molecular formula is C11H12N4O2S. The van der Waals surface area contributed by atoms with Crippen LogP contribution in [0.4, 0.5) is 0 Å². The van der Waals surface area contributed by atoms with Gasteiger partial charge in [0.2, 0.25) is 11.7 Å². The lowest BCUT2D eigenvalue weighted by molar-refractivity contribution is 0.390. The Hall–Kier alpha value is -2.02. The first-order valence-electron chi connectivity index (χ1n) is 5.13. The van der Waals surface area contributed by atoms with Crippen LogP contribution in [0.25, 0.3) is 11.4 Å². The Bertz CT molecular complexity index is 555. The van der Waals surface area contributed by atoms with E-state index in [1.54, 1.807) is 7.11 Å². The minimum atomic E-state index is 0.0204. The van der Waals surface area contributed by atoms with E-state index in [-0.39, 0.29) is 5.17 Å². The normalized spacial score (nSPS) is 10.3. The maximum absolute atomic E-state index is 7.11. The molecule has 2 aromatic rings. The summed E-state index contributed by atoms with van der Waals surface area (Å²) in [4.78, 5) is 4.23. The van der Waals surface area contributed by atoms with Gasteiger partial charge in [0.25, 0.3) is 0 Å². The molecule has 3 N–H and O–H groups in total. The first kappa shape index (κ1) is 12.4. The Balaban J connectivity index is 2.21. The predicted octanol–water partition coefficient (Wildman–Crippen LogP) is 1.87. The fourth-order valence-electron chi connectivity index (χ4n) is 1.39. The van der Waals surface area contributed by atoms with Gasteiger partial charge in [0.15, 0.2) is 5.17 Å². The van der Waals surface area contributed by atoms with Gasteiger partial charge in [-0.1, -0.05) is 29.1 Å². The fraction of sp³-hybridized carbons (Fsp3) is 0.182. The van der Waals surface area contributed by atoms with Crippen LogP contribution in [-0.2, 0) is 5.75 Å². The molecule has 0 saturated heterocycles. The molecule has 6 nitrogen and oxygen atoms in total. The number of rotatable bonds is 4. The van der Waals surface area contributed by atoms with E-state index in [0.717, 1.165) is 17.3 Å². The highest BCUT2D eigenvalue weighted by Gasteiger charge is 2.12. The summed E-state index contributed by atoms with van der Waals surface area (Å²) < 4.78 is 10.3. The summed E-state index contributed by atoms with van der Waals surface area (Å²) in [6, 6.07) is 7.43. The molecule has 0 saturated carbocycles. The first-order valence-corrected chi connectivity index (χ1v) is 6.12. The highest BCUT2D eigenvalue weighted by atomic mass is 32.2. The molecular weight excluding hydrogens is 252 g/mol. The van der Waals surface area contributed by atoms with Crippen molar-refractivity contribution in [1.29, 1.82) is 5.41 Å². The second kappa shape index (κ2) is 5.54. The van der Waals surface area contributed by atoms with E-state index < -0.39 is 0 Å². The number of methoxy groups -OCH3 is 1. The lowest BCUT2D eigenvalue weighted by atomic mass is 10.2. The molecule has 0 bridgehead atoms. The second-order valence-electron chi connectivity index (χ2n) is 3.36. The van der Waals surface area contributed by atoms with Gasteiger partial charge in [-0.3, -0.25) is 5.41 Å². The molecule has 0 atom stereocenters. The summed E-state index contributed by atoms with van der Waals surface area (Å²) in [7, 11) is 1.59. The van der Waals surface area contributed by atoms with E-state index in [4.69, 9.17) is 20.4 Å². The second-order valence-corrected chi connectivity index (χ2v) is 4.38.